The van der Waals surface area contributed by atoms with Gasteiger partial charge in [-0.15, -0.1) is 0 Å². The summed E-state index contributed by atoms with van der Waals surface area (Å²) >= 11 is 0. The zero-order valence-electron chi connectivity index (χ0n) is 11.0. The van der Waals surface area contributed by atoms with Crippen LogP contribution in [-0.4, -0.2) is 57.8 Å². The Bertz CT molecular complexity index is 476. The number of nitrogens with zero attached hydrogens (tertiary/aromatic N) is 4. The van der Waals surface area contributed by atoms with Crippen molar-refractivity contribution in [2.45, 2.75) is 20.4 Å². The van der Waals surface area contributed by atoms with Gasteiger partial charge in [0.05, 0.1) is 6.33 Å². The molecule has 6 heteroatoms. The van der Waals surface area contributed by atoms with Crippen molar-refractivity contribution in [3.8, 4) is 0 Å². The van der Waals surface area contributed by atoms with Gasteiger partial charge in [-0.25, -0.2) is 4.98 Å². The third-order valence-electron chi connectivity index (χ3n) is 3.32. The number of likely N-dealkylation sites (N-methyl/N-ethyl adjacent to an activating group) is 1. The number of rotatable bonds is 3. The molecule has 0 radical (unpaired) electrons. The number of hydrogen-bond acceptors (Lipinski definition) is 3. The largest absolute Gasteiger partial charge is 0.339 e. The van der Waals surface area contributed by atoms with Crippen LogP contribution in [0, 0.1) is 0 Å². The maximum Gasteiger partial charge on any atom is 0.274 e. The summed E-state index contributed by atoms with van der Waals surface area (Å²) in [7, 11) is 1.74. The number of fused-ring (bicyclic) bond motifs is 1. The highest BCUT2D eigenvalue weighted by atomic mass is 16.2. The van der Waals surface area contributed by atoms with Gasteiger partial charge in [0.2, 0.25) is 0 Å². The van der Waals surface area contributed by atoms with Crippen molar-refractivity contribution in [2.24, 2.45) is 0 Å². The first kappa shape index (κ1) is 12.6. The van der Waals surface area contributed by atoms with Crippen LogP contribution in [0.4, 0.5) is 0 Å². The molecular formula is C12H18N4O2. The van der Waals surface area contributed by atoms with E-state index in [1.807, 2.05) is 13.8 Å². The molecule has 0 fully saturated rings. The van der Waals surface area contributed by atoms with Crippen LogP contribution in [0.25, 0.3) is 0 Å². The fraction of sp³-hybridized carbons (Fsp3) is 0.583. The van der Waals surface area contributed by atoms with Crippen LogP contribution in [0.15, 0.2) is 6.33 Å². The first-order valence-electron chi connectivity index (χ1n) is 6.20. The van der Waals surface area contributed by atoms with Crippen LogP contribution < -0.4 is 0 Å². The molecule has 2 heterocycles. The highest BCUT2D eigenvalue weighted by Gasteiger charge is 2.30. The topological polar surface area (TPSA) is 58.4 Å². The molecule has 2 rings (SSSR count). The summed E-state index contributed by atoms with van der Waals surface area (Å²) in [5.41, 5.74) is 0.691. The number of carbonyl (C=O) groups is 2. The van der Waals surface area contributed by atoms with Gasteiger partial charge in [0, 0.05) is 33.2 Å². The Morgan fingerprint density at radius 3 is 2.67 bits per heavy atom. The third-order valence-corrected chi connectivity index (χ3v) is 3.32. The maximum atomic E-state index is 12.3. The van der Waals surface area contributed by atoms with Gasteiger partial charge < -0.3 is 14.4 Å². The summed E-state index contributed by atoms with van der Waals surface area (Å²) in [6.45, 7) is 6.41. The summed E-state index contributed by atoms with van der Waals surface area (Å²) in [4.78, 5) is 31.8. The molecule has 18 heavy (non-hydrogen) atoms. The van der Waals surface area contributed by atoms with E-state index in [1.54, 1.807) is 27.7 Å². The van der Waals surface area contributed by atoms with E-state index in [-0.39, 0.29) is 17.5 Å². The van der Waals surface area contributed by atoms with E-state index in [2.05, 4.69) is 4.98 Å². The Morgan fingerprint density at radius 2 is 2.06 bits per heavy atom. The molecule has 0 N–H and O–H groups in total. The second kappa shape index (κ2) is 4.80. The molecule has 98 valence electrons. The van der Waals surface area contributed by atoms with E-state index >= 15 is 0 Å². The Morgan fingerprint density at radius 1 is 1.39 bits per heavy atom. The molecule has 0 saturated carbocycles. The monoisotopic (exact) mass is 250 g/mol. The van der Waals surface area contributed by atoms with Crippen LogP contribution >= 0.6 is 0 Å². The smallest absolute Gasteiger partial charge is 0.274 e. The summed E-state index contributed by atoms with van der Waals surface area (Å²) in [6, 6.07) is 0. The van der Waals surface area contributed by atoms with E-state index in [0.29, 0.717) is 31.9 Å². The Kier molecular flexibility index (Phi) is 3.36. The van der Waals surface area contributed by atoms with E-state index in [0.717, 1.165) is 0 Å². The van der Waals surface area contributed by atoms with Crippen LogP contribution in [0.1, 0.15) is 34.8 Å². The second-order valence-electron chi connectivity index (χ2n) is 4.34. The maximum absolute atomic E-state index is 12.3. The lowest BCUT2D eigenvalue weighted by Crippen LogP contribution is -2.39. The lowest BCUT2D eigenvalue weighted by Gasteiger charge is -2.25. The first-order valence-corrected chi connectivity index (χ1v) is 6.20. The van der Waals surface area contributed by atoms with Gasteiger partial charge >= 0.3 is 0 Å². The molecule has 0 bridgehead atoms. The number of aromatic nitrogens is 2. The van der Waals surface area contributed by atoms with Crippen LogP contribution in [0.2, 0.25) is 0 Å². The molecule has 0 unspecified atom stereocenters. The zero-order valence-corrected chi connectivity index (χ0v) is 11.0. The van der Waals surface area contributed by atoms with Gasteiger partial charge in [-0.2, -0.15) is 0 Å². The summed E-state index contributed by atoms with van der Waals surface area (Å²) in [5.74, 6) is -0.299. The third kappa shape index (κ3) is 1.87. The van der Waals surface area contributed by atoms with E-state index in [9.17, 15) is 9.59 Å². The number of carbonyl (C=O) groups excluding carboxylic acids is 2. The normalized spacial score (nSPS) is 14.6. The summed E-state index contributed by atoms with van der Waals surface area (Å²) in [6.07, 6.45) is 1.58. The minimum Gasteiger partial charge on any atom is -0.339 e. The minimum atomic E-state index is -0.169. The average Bonchev–Trinajstić information content (AvgIpc) is 2.79. The average molecular weight is 250 g/mol. The Labute approximate surface area is 106 Å². The summed E-state index contributed by atoms with van der Waals surface area (Å²) < 4.78 is 1.76. The van der Waals surface area contributed by atoms with E-state index in [1.165, 1.54) is 0 Å². The predicted molar refractivity (Wildman–Crippen MR) is 66.4 cm³/mol. The lowest BCUT2D eigenvalue weighted by molar-refractivity contribution is 0.0714. The number of amides is 2. The minimum absolute atomic E-state index is 0.130. The highest BCUT2D eigenvalue weighted by Crippen LogP contribution is 2.16. The molecule has 1 aliphatic heterocycles. The van der Waals surface area contributed by atoms with Crippen molar-refractivity contribution >= 4 is 11.8 Å². The Balaban J connectivity index is 2.39. The molecule has 0 aliphatic carbocycles. The molecular weight excluding hydrogens is 232 g/mol. The fourth-order valence-corrected chi connectivity index (χ4v) is 2.13. The van der Waals surface area contributed by atoms with Crippen molar-refractivity contribution < 1.29 is 9.59 Å². The van der Waals surface area contributed by atoms with Crippen molar-refractivity contribution in [3.05, 3.63) is 17.7 Å². The van der Waals surface area contributed by atoms with Crippen molar-refractivity contribution in [3.63, 3.8) is 0 Å². The van der Waals surface area contributed by atoms with Crippen LogP contribution in [0.5, 0.6) is 0 Å². The number of hydrogen-bond donors (Lipinski definition) is 0. The molecule has 6 nitrogen and oxygen atoms in total. The standard InChI is InChI=1S/C12H18N4O2/c1-4-15(5-2)11(17)9-10-12(18)14(3)6-7-16(10)8-13-9/h8H,4-7H2,1-3H3. The molecule has 0 aromatic carbocycles. The summed E-state index contributed by atoms with van der Waals surface area (Å²) in [5, 5.41) is 0. The number of imidazole rings is 1. The molecule has 0 saturated heterocycles. The quantitative estimate of drug-likeness (QED) is 0.782. The molecule has 0 atom stereocenters. The molecule has 2 amide bonds. The first-order chi connectivity index (χ1) is 8.60. The Hall–Kier alpha value is -1.85. The lowest BCUT2D eigenvalue weighted by atomic mass is 10.2. The SMILES string of the molecule is CCN(CC)C(=O)c1ncn2c1C(=O)N(C)CC2. The van der Waals surface area contributed by atoms with Crippen molar-refractivity contribution in [1.82, 2.24) is 19.4 Å². The molecule has 1 aliphatic rings. The van der Waals surface area contributed by atoms with Gasteiger partial charge in [-0.3, -0.25) is 9.59 Å². The van der Waals surface area contributed by atoms with Crippen LogP contribution in [-0.2, 0) is 6.54 Å². The predicted octanol–water partition coefficient (Wildman–Crippen LogP) is 0.451. The van der Waals surface area contributed by atoms with Gasteiger partial charge in [0.15, 0.2) is 5.69 Å². The van der Waals surface area contributed by atoms with E-state index in [4.69, 9.17) is 0 Å². The zero-order chi connectivity index (χ0) is 13.3. The van der Waals surface area contributed by atoms with Gasteiger partial charge in [0.1, 0.15) is 5.69 Å². The fourth-order valence-electron chi connectivity index (χ4n) is 2.13. The van der Waals surface area contributed by atoms with Gasteiger partial charge in [-0.1, -0.05) is 0 Å². The van der Waals surface area contributed by atoms with Crippen LogP contribution in [0.3, 0.4) is 0 Å². The highest BCUT2D eigenvalue weighted by molar-refractivity contribution is 6.05. The van der Waals surface area contributed by atoms with Crippen molar-refractivity contribution in [2.75, 3.05) is 26.7 Å². The second-order valence-corrected chi connectivity index (χ2v) is 4.34. The van der Waals surface area contributed by atoms with Crippen molar-refractivity contribution in [1.29, 1.82) is 0 Å². The molecule has 0 spiro atoms. The van der Waals surface area contributed by atoms with Gasteiger partial charge in [0.25, 0.3) is 11.8 Å². The van der Waals surface area contributed by atoms with Gasteiger partial charge in [-0.05, 0) is 13.8 Å². The molecule has 1 aromatic rings. The van der Waals surface area contributed by atoms with E-state index < -0.39 is 0 Å². The molecule has 1 aromatic heterocycles.